The summed E-state index contributed by atoms with van der Waals surface area (Å²) in [5, 5.41) is 4.58. The van der Waals surface area contributed by atoms with Crippen LogP contribution in [0.25, 0.3) is 0 Å². The minimum atomic E-state index is -0.718. The van der Waals surface area contributed by atoms with Crippen LogP contribution in [0, 0.1) is 0 Å². The average Bonchev–Trinajstić information content (AvgIpc) is 2.65. The first-order valence-electron chi connectivity index (χ1n) is 8.49. The normalized spacial score (nSPS) is 10.2. The first kappa shape index (κ1) is 20.0. The Bertz CT molecular complexity index is 790. The van der Waals surface area contributed by atoms with E-state index in [1.54, 1.807) is 38.1 Å². The number of hydrogen-bond acceptors (Lipinski definition) is 5. The van der Waals surface area contributed by atoms with E-state index in [1.165, 1.54) is 0 Å². The maximum absolute atomic E-state index is 12.3. The summed E-state index contributed by atoms with van der Waals surface area (Å²) in [6, 6.07) is 15.4. The van der Waals surface area contributed by atoms with Crippen molar-refractivity contribution in [3.8, 4) is 5.75 Å². The third kappa shape index (κ3) is 6.81. The lowest BCUT2D eigenvalue weighted by Gasteiger charge is -2.12. The van der Waals surface area contributed by atoms with Crippen molar-refractivity contribution in [1.29, 1.82) is 0 Å². The molecule has 2 rings (SSSR count). The van der Waals surface area contributed by atoms with Gasteiger partial charge in [-0.1, -0.05) is 42.5 Å². The van der Waals surface area contributed by atoms with E-state index in [4.69, 9.17) is 9.47 Å². The molecular weight excluding hydrogens is 348 g/mol. The number of amides is 3. The molecule has 0 spiro atoms. The number of nitrogens with one attached hydrogen (secondary N) is 2. The molecule has 0 fully saturated rings. The zero-order valence-electron chi connectivity index (χ0n) is 15.2. The monoisotopic (exact) mass is 370 g/mol. The summed E-state index contributed by atoms with van der Waals surface area (Å²) >= 11 is 0. The quantitative estimate of drug-likeness (QED) is 0.731. The molecule has 0 bridgehead atoms. The average molecular weight is 370 g/mol. The molecule has 0 atom stereocenters. The maximum Gasteiger partial charge on any atom is 0.342 e. The summed E-state index contributed by atoms with van der Waals surface area (Å²) in [5.74, 6) is -1.08. The van der Waals surface area contributed by atoms with Crippen LogP contribution in [0.4, 0.5) is 4.79 Å². The fraction of sp³-hybridized carbons (Fsp3) is 0.250. The van der Waals surface area contributed by atoms with Crippen molar-refractivity contribution in [2.75, 3.05) is 6.61 Å². The number of urea groups is 1. The highest BCUT2D eigenvalue weighted by molar-refractivity contribution is 5.97. The van der Waals surface area contributed by atoms with Gasteiger partial charge in [0.2, 0.25) is 0 Å². The molecule has 0 heterocycles. The van der Waals surface area contributed by atoms with E-state index in [2.05, 4.69) is 10.6 Å². The minimum Gasteiger partial charge on any atom is -0.488 e. The molecule has 0 aliphatic carbocycles. The smallest absolute Gasteiger partial charge is 0.342 e. The van der Waals surface area contributed by atoms with Crippen LogP contribution in [-0.2, 0) is 16.1 Å². The second-order valence-electron chi connectivity index (χ2n) is 6.02. The van der Waals surface area contributed by atoms with Crippen molar-refractivity contribution in [3.05, 3.63) is 65.7 Å². The van der Waals surface area contributed by atoms with E-state index >= 15 is 0 Å². The topological polar surface area (TPSA) is 93.7 Å². The van der Waals surface area contributed by atoms with Crippen molar-refractivity contribution < 1.29 is 23.9 Å². The molecule has 27 heavy (non-hydrogen) atoms. The lowest BCUT2D eigenvalue weighted by atomic mass is 10.2. The number of hydrogen-bond donors (Lipinski definition) is 2. The van der Waals surface area contributed by atoms with Gasteiger partial charge < -0.3 is 14.8 Å². The summed E-state index contributed by atoms with van der Waals surface area (Å²) in [5.41, 5.74) is 1.16. The molecule has 0 unspecified atom stereocenters. The van der Waals surface area contributed by atoms with Crippen molar-refractivity contribution in [2.45, 2.75) is 26.5 Å². The maximum atomic E-state index is 12.3. The fourth-order valence-electron chi connectivity index (χ4n) is 2.17. The third-order valence-electron chi connectivity index (χ3n) is 3.35. The standard InChI is InChI=1S/C20H22N2O5/c1-14(2)21-20(25)22-18(23)13-27-19(24)16-10-6-7-11-17(16)26-12-15-8-4-3-5-9-15/h3-11,14H,12-13H2,1-2H3,(H2,21,22,23,25). The third-order valence-corrected chi connectivity index (χ3v) is 3.35. The van der Waals surface area contributed by atoms with Gasteiger partial charge in [0, 0.05) is 6.04 Å². The molecule has 0 saturated heterocycles. The van der Waals surface area contributed by atoms with Gasteiger partial charge in [-0.2, -0.15) is 0 Å². The summed E-state index contributed by atoms with van der Waals surface area (Å²) in [4.78, 5) is 35.4. The summed E-state index contributed by atoms with van der Waals surface area (Å²) in [6.45, 7) is 3.24. The molecule has 2 N–H and O–H groups in total. The number of para-hydroxylation sites is 1. The lowest BCUT2D eigenvalue weighted by molar-refractivity contribution is -0.123. The Morgan fingerprint density at radius 1 is 0.963 bits per heavy atom. The van der Waals surface area contributed by atoms with Crippen LogP contribution < -0.4 is 15.4 Å². The molecule has 7 heteroatoms. The van der Waals surface area contributed by atoms with Gasteiger partial charge in [-0.05, 0) is 31.5 Å². The molecule has 142 valence electrons. The summed E-state index contributed by atoms with van der Waals surface area (Å²) in [6.07, 6.45) is 0. The number of imide groups is 1. The van der Waals surface area contributed by atoms with E-state index in [-0.39, 0.29) is 11.6 Å². The second-order valence-corrected chi connectivity index (χ2v) is 6.02. The first-order valence-corrected chi connectivity index (χ1v) is 8.49. The highest BCUT2D eigenvalue weighted by atomic mass is 16.5. The Kier molecular flexibility index (Phi) is 7.37. The molecule has 0 saturated carbocycles. The van der Waals surface area contributed by atoms with E-state index in [9.17, 15) is 14.4 Å². The van der Waals surface area contributed by atoms with Gasteiger partial charge in [0.15, 0.2) is 6.61 Å². The zero-order valence-corrected chi connectivity index (χ0v) is 15.2. The van der Waals surface area contributed by atoms with Gasteiger partial charge in [0.1, 0.15) is 17.9 Å². The summed E-state index contributed by atoms with van der Waals surface area (Å²) in [7, 11) is 0. The predicted octanol–water partition coefficient (Wildman–Crippen LogP) is 2.66. The van der Waals surface area contributed by atoms with Crippen molar-refractivity contribution >= 4 is 17.9 Å². The van der Waals surface area contributed by atoms with Crippen molar-refractivity contribution in [3.63, 3.8) is 0 Å². The van der Waals surface area contributed by atoms with E-state index in [0.717, 1.165) is 5.56 Å². The number of ether oxygens (including phenoxy) is 2. The number of carbonyl (C=O) groups excluding carboxylic acids is 3. The van der Waals surface area contributed by atoms with Crippen molar-refractivity contribution in [1.82, 2.24) is 10.6 Å². The fourth-order valence-corrected chi connectivity index (χ4v) is 2.17. The first-order chi connectivity index (χ1) is 13.0. The van der Waals surface area contributed by atoms with Gasteiger partial charge in [0.05, 0.1) is 0 Å². The molecule has 0 aromatic heterocycles. The van der Waals surface area contributed by atoms with Gasteiger partial charge in [-0.15, -0.1) is 0 Å². The Morgan fingerprint density at radius 2 is 1.63 bits per heavy atom. The molecule has 7 nitrogen and oxygen atoms in total. The molecule has 0 aliphatic rings. The minimum absolute atomic E-state index is 0.117. The van der Waals surface area contributed by atoms with Crippen LogP contribution in [-0.4, -0.2) is 30.6 Å². The molecule has 0 aliphatic heterocycles. The van der Waals surface area contributed by atoms with E-state index in [1.807, 2.05) is 30.3 Å². The highest BCUT2D eigenvalue weighted by Crippen LogP contribution is 2.20. The van der Waals surface area contributed by atoms with Gasteiger partial charge in [-0.3, -0.25) is 10.1 Å². The SMILES string of the molecule is CC(C)NC(=O)NC(=O)COC(=O)c1ccccc1OCc1ccccc1. The number of rotatable bonds is 7. The van der Waals surface area contributed by atoms with Crippen LogP contribution in [0.1, 0.15) is 29.8 Å². The predicted molar refractivity (Wildman–Crippen MR) is 99.3 cm³/mol. The van der Waals surface area contributed by atoms with Crippen LogP contribution in [0.2, 0.25) is 0 Å². The van der Waals surface area contributed by atoms with E-state index < -0.39 is 24.5 Å². The van der Waals surface area contributed by atoms with Crippen LogP contribution in [0.5, 0.6) is 5.75 Å². The highest BCUT2D eigenvalue weighted by Gasteiger charge is 2.16. The lowest BCUT2D eigenvalue weighted by Crippen LogP contribution is -2.44. The largest absolute Gasteiger partial charge is 0.488 e. The molecule has 2 aromatic carbocycles. The Hall–Kier alpha value is -3.35. The second kappa shape index (κ2) is 9.96. The Balaban J connectivity index is 1.90. The summed E-state index contributed by atoms with van der Waals surface area (Å²) < 4.78 is 10.7. The number of benzene rings is 2. The van der Waals surface area contributed by atoms with Crippen LogP contribution >= 0.6 is 0 Å². The van der Waals surface area contributed by atoms with E-state index in [0.29, 0.717) is 12.4 Å². The van der Waals surface area contributed by atoms with Gasteiger partial charge in [-0.25, -0.2) is 9.59 Å². The number of esters is 1. The molecule has 0 radical (unpaired) electrons. The van der Waals surface area contributed by atoms with Crippen LogP contribution in [0.3, 0.4) is 0 Å². The molecule has 3 amide bonds. The Labute approximate surface area is 157 Å². The number of carbonyl (C=O) groups is 3. The van der Waals surface area contributed by atoms with Gasteiger partial charge >= 0.3 is 12.0 Å². The molecular formula is C20H22N2O5. The Morgan fingerprint density at radius 3 is 2.33 bits per heavy atom. The zero-order chi connectivity index (χ0) is 19.6. The van der Waals surface area contributed by atoms with Crippen molar-refractivity contribution in [2.24, 2.45) is 0 Å². The van der Waals surface area contributed by atoms with Crippen LogP contribution in [0.15, 0.2) is 54.6 Å². The van der Waals surface area contributed by atoms with Gasteiger partial charge in [0.25, 0.3) is 5.91 Å². The molecule has 2 aromatic rings.